The van der Waals surface area contributed by atoms with Crippen molar-refractivity contribution in [1.29, 1.82) is 0 Å². The van der Waals surface area contributed by atoms with E-state index < -0.39 is 0 Å². The number of likely N-dealkylation sites (tertiary alicyclic amines) is 1. The van der Waals surface area contributed by atoms with Crippen molar-refractivity contribution in [3.8, 4) is 0 Å². The van der Waals surface area contributed by atoms with Crippen molar-refractivity contribution in [2.45, 2.75) is 38.8 Å². The summed E-state index contributed by atoms with van der Waals surface area (Å²) < 4.78 is 0. The SMILES string of the molecule is C=CCNC(=O)[C@H](C)NCC1CCN(C[C@H](C)O)CC1. The van der Waals surface area contributed by atoms with Crippen LogP contribution in [0.5, 0.6) is 0 Å². The lowest BCUT2D eigenvalue weighted by molar-refractivity contribution is -0.122. The first-order valence-electron chi connectivity index (χ1n) is 7.55. The van der Waals surface area contributed by atoms with E-state index >= 15 is 0 Å². The third kappa shape index (κ3) is 6.50. The Labute approximate surface area is 122 Å². The van der Waals surface area contributed by atoms with E-state index in [2.05, 4.69) is 22.1 Å². The van der Waals surface area contributed by atoms with Crippen molar-refractivity contribution in [2.75, 3.05) is 32.7 Å². The number of hydrogen-bond acceptors (Lipinski definition) is 4. The molecular weight excluding hydrogens is 254 g/mol. The summed E-state index contributed by atoms with van der Waals surface area (Å²) in [6.45, 7) is 11.5. The van der Waals surface area contributed by atoms with Crippen LogP contribution in [0.1, 0.15) is 26.7 Å². The van der Waals surface area contributed by atoms with Crippen molar-refractivity contribution in [1.82, 2.24) is 15.5 Å². The molecule has 1 aliphatic rings. The number of nitrogens with one attached hydrogen (secondary N) is 2. The first kappa shape index (κ1) is 17.1. The average molecular weight is 283 g/mol. The summed E-state index contributed by atoms with van der Waals surface area (Å²) in [5, 5.41) is 15.5. The van der Waals surface area contributed by atoms with Gasteiger partial charge in [0.05, 0.1) is 12.1 Å². The molecule has 1 aliphatic heterocycles. The van der Waals surface area contributed by atoms with Crippen molar-refractivity contribution < 1.29 is 9.90 Å². The number of hydrogen-bond donors (Lipinski definition) is 3. The Kier molecular flexibility index (Phi) is 7.80. The maximum Gasteiger partial charge on any atom is 0.237 e. The molecular formula is C15H29N3O2. The van der Waals surface area contributed by atoms with E-state index in [1.807, 2.05) is 13.8 Å². The average Bonchev–Trinajstić information content (AvgIpc) is 2.43. The van der Waals surface area contributed by atoms with Crippen molar-refractivity contribution in [3.63, 3.8) is 0 Å². The fourth-order valence-corrected chi connectivity index (χ4v) is 2.51. The summed E-state index contributed by atoms with van der Waals surface area (Å²) in [6.07, 6.45) is 3.68. The summed E-state index contributed by atoms with van der Waals surface area (Å²) >= 11 is 0. The van der Waals surface area contributed by atoms with Gasteiger partial charge < -0.3 is 20.6 Å². The van der Waals surface area contributed by atoms with E-state index in [1.54, 1.807) is 6.08 Å². The Hall–Kier alpha value is -0.910. The van der Waals surface area contributed by atoms with Gasteiger partial charge in [-0.25, -0.2) is 0 Å². The van der Waals surface area contributed by atoms with Crippen LogP contribution in [-0.4, -0.2) is 60.8 Å². The van der Waals surface area contributed by atoms with Gasteiger partial charge in [-0.3, -0.25) is 4.79 Å². The second kappa shape index (κ2) is 9.10. The van der Waals surface area contributed by atoms with Gasteiger partial charge in [0.25, 0.3) is 0 Å². The largest absolute Gasteiger partial charge is 0.392 e. The molecule has 1 rings (SSSR count). The molecule has 0 aromatic heterocycles. The number of β-amino-alcohol motifs (C(OH)–C–C–N with tert-alkyl or cyclic N) is 1. The number of carbonyl (C=O) groups is 1. The van der Waals surface area contributed by atoms with Crippen LogP contribution < -0.4 is 10.6 Å². The lowest BCUT2D eigenvalue weighted by Crippen LogP contribution is -2.46. The molecule has 116 valence electrons. The van der Waals surface area contributed by atoms with Crippen molar-refractivity contribution in [2.24, 2.45) is 5.92 Å². The van der Waals surface area contributed by atoms with Crippen LogP contribution >= 0.6 is 0 Å². The van der Waals surface area contributed by atoms with Gasteiger partial charge in [0.1, 0.15) is 0 Å². The highest BCUT2D eigenvalue weighted by molar-refractivity contribution is 5.81. The number of rotatable bonds is 8. The molecule has 0 aliphatic carbocycles. The van der Waals surface area contributed by atoms with Crippen LogP contribution in [0.4, 0.5) is 0 Å². The van der Waals surface area contributed by atoms with Gasteiger partial charge in [-0.2, -0.15) is 0 Å². The number of piperidine rings is 1. The van der Waals surface area contributed by atoms with Gasteiger partial charge in [0.2, 0.25) is 5.91 Å². The molecule has 0 bridgehead atoms. The molecule has 5 heteroatoms. The predicted molar refractivity (Wildman–Crippen MR) is 81.5 cm³/mol. The van der Waals surface area contributed by atoms with E-state index in [4.69, 9.17) is 0 Å². The monoisotopic (exact) mass is 283 g/mol. The molecule has 0 aromatic rings. The Morgan fingerprint density at radius 2 is 2.10 bits per heavy atom. The first-order valence-corrected chi connectivity index (χ1v) is 7.55. The molecule has 0 saturated carbocycles. The number of carbonyl (C=O) groups excluding carboxylic acids is 1. The fraction of sp³-hybridized carbons (Fsp3) is 0.800. The van der Waals surface area contributed by atoms with Crippen molar-refractivity contribution >= 4 is 5.91 Å². The maximum atomic E-state index is 11.7. The van der Waals surface area contributed by atoms with Crippen LogP contribution in [-0.2, 0) is 4.79 Å². The molecule has 2 atom stereocenters. The zero-order chi connectivity index (χ0) is 15.0. The maximum absolute atomic E-state index is 11.7. The Balaban J connectivity index is 2.17. The molecule has 3 N–H and O–H groups in total. The molecule has 1 saturated heterocycles. The van der Waals surface area contributed by atoms with E-state index in [9.17, 15) is 9.90 Å². The second-order valence-corrected chi connectivity index (χ2v) is 5.76. The van der Waals surface area contributed by atoms with Gasteiger partial charge in [-0.1, -0.05) is 6.08 Å². The smallest absolute Gasteiger partial charge is 0.237 e. The van der Waals surface area contributed by atoms with E-state index in [1.165, 1.54) is 0 Å². The minimum Gasteiger partial charge on any atom is -0.392 e. The number of aliphatic hydroxyl groups excluding tert-OH is 1. The summed E-state index contributed by atoms with van der Waals surface area (Å²) in [6, 6.07) is -0.162. The van der Waals surface area contributed by atoms with E-state index in [-0.39, 0.29) is 18.1 Å². The molecule has 1 heterocycles. The molecule has 0 aromatic carbocycles. The molecule has 0 unspecified atom stereocenters. The third-order valence-electron chi connectivity index (χ3n) is 3.76. The molecule has 0 radical (unpaired) electrons. The normalized spacial score (nSPS) is 20.4. The Bertz CT molecular complexity index is 299. The van der Waals surface area contributed by atoms with Gasteiger partial charge in [0.15, 0.2) is 0 Å². The number of aliphatic hydroxyl groups is 1. The summed E-state index contributed by atoms with van der Waals surface area (Å²) in [5.74, 6) is 0.645. The third-order valence-corrected chi connectivity index (χ3v) is 3.76. The van der Waals surface area contributed by atoms with Crippen LogP contribution in [0.3, 0.4) is 0 Å². The van der Waals surface area contributed by atoms with Crippen LogP contribution in [0.25, 0.3) is 0 Å². The first-order chi connectivity index (χ1) is 9.52. The van der Waals surface area contributed by atoms with E-state index in [0.717, 1.165) is 39.0 Å². The summed E-state index contributed by atoms with van der Waals surface area (Å²) in [7, 11) is 0. The van der Waals surface area contributed by atoms with Crippen LogP contribution in [0, 0.1) is 5.92 Å². The van der Waals surface area contributed by atoms with Gasteiger partial charge in [0, 0.05) is 13.1 Å². The topological polar surface area (TPSA) is 64.6 Å². The van der Waals surface area contributed by atoms with Gasteiger partial charge >= 0.3 is 0 Å². The Morgan fingerprint density at radius 3 is 2.65 bits per heavy atom. The highest BCUT2D eigenvalue weighted by Crippen LogP contribution is 2.16. The summed E-state index contributed by atoms with van der Waals surface area (Å²) in [4.78, 5) is 14.0. The zero-order valence-corrected chi connectivity index (χ0v) is 12.8. The van der Waals surface area contributed by atoms with Crippen LogP contribution in [0.15, 0.2) is 12.7 Å². The molecule has 1 amide bonds. The van der Waals surface area contributed by atoms with Gasteiger partial charge in [-0.15, -0.1) is 6.58 Å². The molecule has 0 spiro atoms. The lowest BCUT2D eigenvalue weighted by Gasteiger charge is -2.33. The predicted octanol–water partition coefficient (Wildman–Crippen LogP) is 0.360. The minimum atomic E-state index is -0.252. The quantitative estimate of drug-likeness (QED) is 0.563. The Morgan fingerprint density at radius 1 is 1.45 bits per heavy atom. The van der Waals surface area contributed by atoms with Crippen LogP contribution in [0.2, 0.25) is 0 Å². The zero-order valence-electron chi connectivity index (χ0n) is 12.8. The summed E-state index contributed by atoms with van der Waals surface area (Å²) in [5.41, 5.74) is 0. The number of nitrogens with zero attached hydrogens (tertiary/aromatic N) is 1. The molecule has 5 nitrogen and oxygen atoms in total. The van der Waals surface area contributed by atoms with E-state index in [0.29, 0.717) is 12.5 Å². The molecule has 20 heavy (non-hydrogen) atoms. The minimum absolute atomic E-state index is 0.0245. The molecule has 1 fully saturated rings. The lowest BCUT2D eigenvalue weighted by atomic mass is 9.96. The van der Waals surface area contributed by atoms with Crippen molar-refractivity contribution in [3.05, 3.63) is 12.7 Å². The van der Waals surface area contributed by atoms with Gasteiger partial charge in [-0.05, 0) is 52.2 Å². The highest BCUT2D eigenvalue weighted by atomic mass is 16.3. The second-order valence-electron chi connectivity index (χ2n) is 5.76. The standard InChI is InChI=1S/C15H29N3O2/c1-4-7-16-15(20)13(3)17-10-14-5-8-18(9-6-14)11-12(2)19/h4,12-14,17,19H,1,5-11H2,2-3H3,(H,16,20)/t12-,13-/m0/s1. The number of amides is 1. The fourth-order valence-electron chi connectivity index (χ4n) is 2.51. The highest BCUT2D eigenvalue weighted by Gasteiger charge is 2.21.